The largest absolute Gasteiger partial charge is 0.434 e. The normalized spacial score (nSPS) is 18.5. The molecular formula is C16H16F3N7S. The van der Waals surface area contributed by atoms with E-state index in [-0.39, 0.29) is 5.65 Å². The number of hydrogen-bond donors (Lipinski definition) is 0. The lowest BCUT2D eigenvalue weighted by atomic mass is 10.3. The molecule has 3 aromatic heterocycles. The highest BCUT2D eigenvalue weighted by Gasteiger charge is 2.35. The van der Waals surface area contributed by atoms with Gasteiger partial charge in [0, 0.05) is 62.2 Å². The van der Waals surface area contributed by atoms with Crippen molar-refractivity contribution in [1.29, 1.82) is 0 Å². The van der Waals surface area contributed by atoms with Crippen molar-refractivity contribution in [3.8, 4) is 0 Å². The highest BCUT2D eigenvalue weighted by atomic mass is 32.1. The van der Waals surface area contributed by atoms with Crippen LogP contribution >= 0.6 is 11.5 Å². The summed E-state index contributed by atoms with van der Waals surface area (Å²) < 4.78 is 44.7. The van der Waals surface area contributed by atoms with Crippen molar-refractivity contribution >= 4 is 28.1 Å². The van der Waals surface area contributed by atoms with Gasteiger partial charge in [0.05, 0.1) is 0 Å². The predicted molar refractivity (Wildman–Crippen MR) is 94.3 cm³/mol. The van der Waals surface area contributed by atoms with Crippen LogP contribution in [0.25, 0.3) is 5.65 Å². The first-order chi connectivity index (χ1) is 13.0. The van der Waals surface area contributed by atoms with Gasteiger partial charge in [0.25, 0.3) is 0 Å². The van der Waals surface area contributed by atoms with Gasteiger partial charge in [-0.2, -0.15) is 17.5 Å². The molecule has 2 aliphatic rings. The van der Waals surface area contributed by atoms with E-state index in [2.05, 4.69) is 24.2 Å². The van der Waals surface area contributed by atoms with E-state index in [1.54, 1.807) is 0 Å². The third-order valence-corrected chi connectivity index (χ3v) is 5.66. The van der Waals surface area contributed by atoms with E-state index in [0.717, 1.165) is 30.2 Å². The maximum Gasteiger partial charge on any atom is 0.434 e. The molecule has 0 N–H and O–H groups in total. The molecule has 0 spiro atoms. The number of fused-ring (bicyclic) bond motifs is 1. The minimum absolute atomic E-state index is 0.227. The van der Waals surface area contributed by atoms with Crippen LogP contribution in [0.2, 0.25) is 0 Å². The Labute approximate surface area is 156 Å². The lowest BCUT2D eigenvalue weighted by Crippen LogP contribution is -2.47. The van der Waals surface area contributed by atoms with Gasteiger partial charge in [-0.1, -0.05) is 0 Å². The summed E-state index contributed by atoms with van der Waals surface area (Å²) >= 11 is 1.42. The maximum atomic E-state index is 13.0. The van der Waals surface area contributed by atoms with E-state index >= 15 is 0 Å². The molecule has 4 heterocycles. The molecule has 0 radical (unpaired) electrons. The average Bonchev–Trinajstić information content (AvgIpc) is 3.20. The molecule has 2 fully saturated rings. The lowest BCUT2D eigenvalue weighted by Gasteiger charge is -2.34. The number of rotatable bonds is 3. The number of alkyl halides is 3. The minimum Gasteiger partial charge on any atom is -0.350 e. The molecule has 27 heavy (non-hydrogen) atoms. The van der Waals surface area contributed by atoms with Crippen LogP contribution in [-0.2, 0) is 6.18 Å². The van der Waals surface area contributed by atoms with Crippen LogP contribution in [-0.4, -0.2) is 49.9 Å². The number of halogens is 3. The number of hydrogen-bond acceptors (Lipinski definition) is 7. The maximum absolute atomic E-state index is 13.0. The third kappa shape index (κ3) is 3.09. The summed E-state index contributed by atoms with van der Waals surface area (Å²) in [5.41, 5.74) is -0.679. The van der Waals surface area contributed by atoms with Crippen LogP contribution < -0.4 is 9.80 Å². The van der Waals surface area contributed by atoms with Gasteiger partial charge in [0.1, 0.15) is 5.82 Å². The quantitative estimate of drug-likeness (QED) is 0.680. The van der Waals surface area contributed by atoms with Gasteiger partial charge in [-0.25, -0.2) is 15.0 Å². The molecule has 0 atom stereocenters. The Bertz CT molecular complexity index is 970. The summed E-state index contributed by atoms with van der Waals surface area (Å²) in [5.74, 6) is 1.95. The van der Waals surface area contributed by atoms with Gasteiger partial charge in [-0.15, -0.1) is 0 Å². The molecule has 1 saturated heterocycles. The summed E-state index contributed by atoms with van der Waals surface area (Å²) in [6.07, 6.45) is 1.85. The zero-order valence-corrected chi connectivity index (χ0v) is 15.0. The van der Waals surface area contributed by atoms with Crippen molar-refractivity contribution in [3.63, 3.8) is 0 Å². The van der Waals surface area contributed by atoms with Gasteiger partial charge in [-0.3, -0.25) is 0 Å². The first-order valence-corrected chi connectivity index (χ1v) is 9.51. The molecule has 5 rings (SSSR count). The Balaban J connectivity index is 1.35. The van der Waals surface area contributed by atoms with Crippen LogP contribution in [0.5, 0.6) is 0 Å². The van der Waals surface area contributed by atoms with Gasteiger partial charge >= 0.3 is 6.18 Å². The van der Waals surface area contributed by atoms with Gasteiger partial charge in [0.2, 0.25) is 5.13 Å². The molecular weight excluding hydrogens is 379 g/mol. The molecule has 142 valence electrons. The molecule has 0 aromatic carbocycles. The van der Waals surface area contributed by atoms with E-state index in [4.69, 9.17) is 0 Å². The summed E-state index contributed by atoms with van der Waals surface area (Å²) in [7, 11) is 0. The fraction of sp³-hybridized carbons (Fsp3) is 0.500. The smallest absolute Gasteiger partial charge is 0.350 e. The fourth-order valence-corrected chi connectivity index (χ4v) is 4.04. The Morgan fingerprint density at radius 1 is 1.04 bits per heavy atom. The second-order valence-corrected chi connectivity index (χ2v) is 7.52. The Hall–Kier alpha value is -2.43. The van der Waals surface area contributed by atoms with Crippen molar-refractivity contribution in [2.75, 3.05) is 36.0 Å². The molecule has 1 aliphatic carbocycles. The van der Waals surface area contributed by atoms with Crippen LogP contribution in [0.15, 0.2) is 18.6 Å². The number of imidazole rings is 1. The second kappa shape index (κ2) is 6.04. The van der Waals surface area contributed by atoms with E-state index in [0.29, 0.717) is 24.8 Å². The zero-order chi connectivity index (χ0) is 18.6. The van der Waals surface area contributed by atoms with Crippen molar-refractivity contribution in [2.24, 2.45) is 0 Å². The van der Waals surface area contributed by atoms with E-state index in [1.165, 1.54) is 41.2 Å². The molecule has 0 amide bonds. The van der Waals surface area contributed by atoms with Crippen LogP contribution in [0.4, 0.5) is 24.1 Å². The van der Waals surface area contributed by atoms with Gasteiger partial charge in [-0.05, 0) is 12.8 Å². The van der Waals surface area contributed by atoms with Crippen molar-refractivity contribution in [3.05, 3.63) is 30.1 Å². The number of nitrogens with zero attached hydrogens (tertiary/aromatic N) is 7. The molecule has 3 aromatic rings. The van der Waals surface area contributed by atoms with Crippen molar-refractivity contribution in [1.82, 2.24) is 23.7 Å². The molecule has 0 unspecified atom stereocenters. The molecule has 0 bridgehead atoms. The Morgan fingerprint density at radius 3 is 2.48 bits per heavy atom. The van der Waals surface area contributed by atoms with Crippen LogP contribution in [0, 0.1) is 0 Å². The minimum atomic E-state index is -4.47. The highest BCUT2D eigenvalue weighted by Crippen LogP contribution is 2.40. The van der Waals surface area contributed by atoms with E-state index < -0.39 is 11.9 Å². The Kier molecular flexibility index (Phi) is 3.74. The van der Waals surface area contributed by atoms with Gasteiger partial charge < -0.3 is 14.2 Å². The fourth-order valence-electron chi connectivity index (χ4n) is 3.24. The van der Waals surface area contributed by atoms with Crippen molar-refractivity contribution in [2.45, 2.75) is 24.9 Å². The van der Waals surface area contributed by atoms with Crippen LogP contribution in [0.3, 0.4) is 0 Å². The number of piperazine rings is 1. The zero-order valence-electron chi connectivity index (χ0n) is 14.2. The Morgan fingerprint density at radius 2 is 1.78 bits per heavy atom. The number of aromatic nitrogens is 5. The predicted octanol–water partition coefficient (Wildman–Crippen LogP) is 2.80. The highest BCUT2D eigenvalue weighted by molar-refractivity contribution is 7.09. The van der Waals surface area contributed by atoms with E-state index in [1.807, 2.05) is 4.90 Å². The standard InChI is InChI=1S/C16H16F3N7S/c17-16(18,19)11-9-26-4-3-20-13(14(26)21-11)24-5-7-25(8-6-24)15-22-12(23-27-15)10-1-2-10/h3-4,9-10H,1-2,5-8H2. The summed E-state index contributed by atoms with van der Waals surface area (Å²) in [6.45, 7) is 2.71. The summed E-state index contributed by atoms with van der Waals surface area (Å²) in [6, 6.07) is 0. The summed E-state index contributed by atoms with van der Waals surface area (Å²) in [4.78, 5) is 16.8. The SMILES string of the molecule is FC(F)(F)c1cn2ccnc(N3CCN(c4nc(C5CC5)ns4)CC3)c2n1. The number of anilines is 2. The first-order valence-electron chi connectivity index (χ1n) is 8.73. The molecule has 1 saturated carbocycles. The van der Waals surface area contributed by atoms with Gasteiger partial charge in [0.15, 0.2) is 17.2 Å². The average molecular weight is 395 g/mol. The molecule has 7 nitrogen and oxygen atoms in total. The molecule has 1 aliphatic heterocycles. The lowest BCUT2D eigenvalue weighted by molar-refractivity contribution is -0.140. The van der Waals surface area contributed by atoms with Crippen molar-refractivity contribution < 1.29 is 13.2 Å². The second-order valence-electron chi connectivity index (χ2n) is 6.79. The van der Waals surface area contributed by atoms with Crippen LogP contribution in [0.1, 0.15) is 30.3 Å². The molecule has 11 heteroatoms. The monoisotopic (exact) mass is 395 g/mol. The topological polar surface area (TPSA) is 62.5 Å². The summed E-state index contributed by atoms with van der Waals surface area (Å²) in [5, 5.41) is 0.919. The third-order valence-electron chi connectivity index (χ3n) is 4.87. The first kappa shape index (κ1) is 16.7. The van der Waals surface area contributed by atoms with E-state index in [9.17, 15) is 13.2 Å².